The Morgan fingerprint density at radius 3 is 2.70 bits per heavy atom. The molecule has 13 heteroatoms. The molecule has 0 unspecified atom stereocenters. The number of sulfonamides is 1. The van der Waals surface area contributed by atoms with E-state index >= 15 is 0 Å². The highest BCUT2D eigenvalue weighted by Gasteiger charge is 2.31. The quantitative estimate of drug-likeness (QED) is 0.611. The highest BCUT2D eigenvalue weighted by atomic mass is 32.2. The summed E-state index contributed by atoms with van der Waals surface area (Å²) < 4.78 is 42.8. The lowest BCUT2D eigenvalue weighted by Gasteiger charge is -2.25. The molecule has 158 valence electrons. The van der Waals surface area contributed by atoms with Crippen molar-refractivity contribution in [3.8, 4) is 5.69 Å². The van der Waals surface area contributed by atoms with Crippen molar-refractivity contribution < 1.29 is 17.6 Å². The highest BCUT2D eigenvalue weighted by Crippen LogP contribution is 2.28. The Balaban J connectivity index is 1.60. The Kier molecular flexibility index (Phi) is 5.86. The van der Waals surface area contributed by atoms with Crippen LogP contribution in [0.4, 0.5) is 10.1 Å². The average molecular weight is 469 g/mol. The highest BCUT2D eigenvalue weighted by molar-refractivity contribution is 7.99. The molecule has 0 atom stereocenters. The summed E-state index contributed by atoms with van der Waals surface area (Å²) in [4.78, 5) is 12.9. The lowest BCUT2D eigenvalue weighted by atomic mass is 10.2. The van der Waals surface area contributed by atoms with Crippen molar-refractivity contribution in [3.05, 3.63) is 46.2 Å². The summed E-state index contributed by atoms with van der Waals surface area (Å²) in [5.41, 5.74) is 0.359. The molecule has 1 saturated heterocycles. The lowest BCUT2D eigenvalue weighted by Crippen LogP contribution is -2.38. The number of nitrogens with zero attached hydrogens (tertiary/aromatic N) is 5. The topological polar surface area (TPSA) is 110 Å². The van der Waals surface area contributed by atoms with Crippen LogP contribution in [0.15, 0.2) is 34.5 Å². The van der Waals surface area contributed by atoms with Crippen LogP contribution in [0.1, 0.15) is 15.5 Å². The van der Waals surface area contributed by atoms with Gasteiger partial charge in [0.15, 0.2) is 5.82 Å². The van der Waals surface area contributed by atoms with Gasteiger partial charge in [-0.3, -0.25) is 4.79 Å². The molecule has 0 aliphatic carbocycles. The second-order valence-electron chi connectivity index (χ2n) is 6.39. The minimum Gasteiger partial charge on any atom is -0.321 e. The Bertz CT molecular complexity index is 1190. The summed E-state index contributed by atoms with van der Waals surface area (Å²) in [6.07, 6.45) is 0. The van der Waals surface area contributed by atoms with Gasteiger partial charge in [-0.1, -0.05) is 0 Å². The van der Waals surface area contributed by atoms with E-state index in [2.05, 4.69) is 20.8 Å². The van der Waals surface area contributed by atoms with E-state index in [1.807, 2.05) is 0 Å². The van der Waals surface area contributed by atoms with Crippen molar-refractivity contribution in [1.82, 2.24) is 24.5 Å². The zero-order valence-electron chi connectivity index (χ0n) is 15.8. The summed E-state index contributed by atoms with van der Waals surface area (Å²) in [7, 11) is -3.76. The number of amides is 1. The molecule has 1 fully saturated rings. The molecule has 1 aliphatic rings. The molecule has 0 saturated carbocycles. The number of thiophene rings is 1. The maximum absolute atomic E-state index is 14.2. The van der Waals surface area contributed by atoms with E-state index in [1.165, 1.54) is 33.3 Å². The molecule has 3 heterocycles. The first-order valence-electron chi connectivity index (χ1n) is 8.89. The fourth-order valence-corrected chi connectivity index (χ4v) is 6.86. The van der Waals surface area contributed by atoms with Crippen molar-refractivity contribution in [2.45, 2.75) is 11.8 Å². The van der Waals surface area contributed by atoms with Crippen molar-refractivity contribution in [2.24, 2.45) is 0 Å². The van der Waals surface area contributed by atoms with Gasteiger partial charge in [-0.2, -0.15) is 20.7 Å². The normalized spacial score (nSPS) is 15.3. The van der Waals surface area contributed by atoms with Crippen LogP contribution in [-0.4, -0.2) is 63.4 Å². The summed E-state index contributed by atoms with van der Waals surface area (Å²) in [5, 5.41) is 15.2. The average Bonchev–Trinajstić information content (AvgIpc) is 3.40. The Hall–Kier alpha value is -2.35. The van der Waals surface area contributed by atoms with E-state index in [9.17, 15) is 17.6 Å². The van der Waals surface area contributed by atoms with Gasteiger partial charge in [-0.05, 0) is 47.0 Å². The fourth-order valence-electron chi connectivity index (χ4n) is 2.99. The smallest absolute Gasteiger partial charge is 0.267 e. The van der Waals surface area contributed by atoms with Crippen LogP contribution in [0.2, 0.25) is 0 Å². The molecule has 3 aromatic rings. The van der Waals surface area contributed by atoms with E-state index in [0.717, 1.165) is 22.8 Å². The Morgan fingerprint density at radius 2 is 2.00 bits per heavy atom. The van der Waals surface area contributed by atoms with Gasteiger partial charge in [0.05, 0.1) is 0 Å². The van der Waals surface area contributed by atoms with Gasteiger partial charge < -0.3 is 5.32 Å². The van der Waals surface area contributed by atoms with Crippen LogP contribution in [0.25, 0.3) is 5.69 Å². The predicted molar refractivity (Wildman–Crippen MR) is 112 cm³/mol. The number of aromatic nitrogens is 4. The van der Waals surface area contributed by atoms with Gasteiger partial charge in [0.25, 0.3) is 5.91 Å². The van der Waals surface area contributed by atoms with E-state index in [1.54, 1.807) is 24.1 Å². The third kappa shape index (κ3) is 3.97. The fraction of sp³-hybridized carbons (Fsp3) is 0.294. The number of rotatable bonds is 5. The van der Waals surface area contributed by atoms with Crippen LogP contribution in [0.3, 0.4) is 0 Å². The van der Waals surface area contributed by atoms with E-state index in [4.69, 9.17) is 0 Å². The number of carbonyl (C=O) groups is 1. The van der Waals surface area contributed by atoms with Gasteiger partial charge in [0.2, 0.25) is 10.0 Å². The molecular formula is C17H17FN6O3S3. The summed E-state index contributed by atoms with van der Waals surface area (Å²) in [6, 6.07) is 5.40. The molecule has 2 aromatic heterocycles. The van der Waals surface area contributed by atoms with Crippen LogP contribution in [-0.2, 0) is 10.0 Å². The molecule has 4 rings (SSSR count). The third-order valence-corrected chi connectivity index (χ3v) is 8.41. The van der Waals surface area contributed by atoms with Gasteiger partial charge >= 0.3 is 0 Å². The number of hydrogen-bond acceptors (Lipinski definition) is 8. The Labute approximate surface area is 180 Å². The number of carbonyl (C=O) groups excluding carboxylic acids is 1. The largest absolute Gasteiger partial charge is 0.321 e. The van der Waals surface area contributed by atoms with Crippen LogP contribution < -0.4 is 5.32 Å². The van der Waals surface area contributed by atoms with Crippen molar-refractivity contribution in [1.29, 1.82) is 0 Å². The molecule has 0 radical (unpaired) electrons. The van der Waals surface area contributed by atoms with Crippen molar-refractivity contribution in [2.75, 3.05) is 29.9 Å². The van der Waals surface area contributed by atoms with Crippen molar-refractivity contribution in [3.63, 3.8) is 0 Å². The first-order chi connectivity index (χ1) is 14.4. The van der Waals surface area contributed by atoms with Gasteiger partial charge in [-0.15, -0.1) is 16.4 Å². The van der Waals surface area contributed by atoms with Crippen molar-refractivity contribution >= 4 is 44.7 Å². The molecular weight excluding hydrogens is 451 g/mol. The van der Waals surface area contributed by atoms with E-state index < -0.39 is 21.7 Å². The second kappa shape index (κ2) is 8.41. The van der Waals surface area contributed by atoms with E-state index in [-0.39, 0.29) is 21.1 Å². The molecule has 1 amide bonds. The van der Waals surface area contributed by atoms with E-state index in [0.29, 0.717) is 18.9 Å². The molecule has 0 spiro atoms. The summed E-state index contributed by atoms with van der Waals surface area (Å²) in [6.45, 7) is 2.44. The minimum atomic E-state index is -3.76. The molecule has 0 bridgehead atoms. The molecule has 1 aliphatic heterocycles. The predicted octanol–water partition coefficient (Wildman–Crippen LogP) is 2.16. The number of halogens is 1. The standard InChI is InChI=1S/C17H17FN6O3S3/c1-11-20-21-22-24(11)14-10-12(2-3-13(14)18)19-17(25)16-15(4-7-29-16)30(26,27)23-5-8-28-9-6-23/h2-4,7,10H,5-6,8-9H2,1H3,(H,19,25). The molecule has 9 nitrogen and oxygen atoms in total. The first-order valence-corrected chi connectivity index (χ1v) is 12.4. The zero-order chi connectivity index (χ0) is 21.3. The zero-order valence-corrected chi connectivity index (χ0v) is 18.2. The molecule has 30 heavy (non-hydrogen) atoms. The number of tetrazole rings is 1. The number of benzene rings is 1. The number of anilines is 1. The molecule has 1 aromatic carbocycles. The first kappa shape index (κ1) is 20.9. The SMILES string of the molecule is Cc1nnnn1-c1cc(NC(=O)c2sccc2S(=O)(=O)N2CCSCC2)ccc1F. The number of hydrogen-bond donors (Lipinski definition) is 1. The number of aryl methyl sites for hydroxylation is 1. The summed E-state index contributed by atoms with van der Waals surface area (Å²) >= 11 is 2.74. The van der Waals surface area contributed by atoms with Gasteiger partial charge in [-0.25, -0.2) is 12.8 Å². The second-order valence-corrected chi connectivity index (χ2v) is 10.4. The van der Waals surface area contributed by atoms with Gasteiger partial charge in [0, 0.05) is 30.3 Å². The van der Waals surface area contributed by atoms with Crippen LogP contribution in [0, 0.1) is 12.7 Å². The number of nitrogens with one attached hydrogen (secondary N) is 1. The summed E-state index contributed by atoms with van der Waals surface area (Å²) in [5.74, 6) is 0.676. The molecule has 1 N–H and O–H groups in total. The van der Waals surface area contributed by atoms with Crippen LogP contribution >= 0.6 is 23.1 Å². The van der Waals surface area contributed by atoms with Crippen LogP contribution in [0.5, 0.6) is 0 Å². The lowest BCUT2D eigenvalue weighted by molar-refractivity contribution is 0.102. The maximum atomic E-state index is 14.2. The monoisotopic (exact) mass is 468 g/mol. The number of thioether (sulfide) groups is 1. The minimum absolute atomic E-state index is 0.0180. The third-order valence-electron chi connectivity index (χ3n) is 4.48. The van der Waals surface area contributed by atoms with Gasteiger partial charge in [0.1, 0.15) is 21.3 Å². The Morgan fingerprint density at radius 1 is 1.23 bits per heavy atom. The maximum Gasteiger partial charge on any atom is 0.267 e.